The summed E-state index contributed by atoms with van der Waals surface area (Å²) in [4.78, 5) is 5.10. The van der Waals surface area contributed by atoms with Crippen LogP contribution >= 0.6 is 0 Å². The molecule has 0 aliphatic carbocycles. The largest absolute Gasteiger partial charge is 0.369 e. The molecule has 3 rings (SSSR count). The van der Waals surface area contributed by atoms with Crippen molar-refractivity contribution in [1.29, 1.82) is 0 Å². The normalized spacial score (nSPS) is 15.8. The van der Waals surface area contributed by atoms with Crippen molar-refractivity contribution in [2.45, 2.75) is 37.5 Å². The quantitative estimate of drug-likeness (QED) is 0.671. The lowest BCUT2D eigenvalue weighted by molar-refractivity contribution is 0.313. The maximum atomic E-state index is 12.4. The second-order valence-electron chi connectivity index (χ2n) is 8.18. The monoisotopic (exact) mass is 415 g/mol. The van der Waals surface area contributed by atoms with Crippen molar-refractivity contribution in [3.05, 3.63) is 59.7 Å². The molecule has 0 bridgehead atoms. The fourth-order valence-corrected chi connectivity index (χ4v) is 4.63. The highest BCUT2D eigenvalue weighted by Crippen LogP contribution is 2.19. The van der Waals surface area contributed by atoms with Crippen molar-refractivity contribution >= 4 is 15.7 Å². The van der Waals surface area contributed by atoms with E-state index < -0.39 is 10.0 Å². The molecular weight excluding hydrogens is 382 g/mol. The summed E-state index contributed by atoms with van der Waals surface area (Å²) in [6.45, 7) is 8.96. The van der Waals surface area contributed by atoms with Gasteiger partial charge in [0.05, 0.1) is 4.90 Å². The Hall–Kier alpha value is -1.89. The van der Waals surface area contributed by atoms with Crippen LogP contribution in [-0.4, -0.2) is 53.1 Å². The number of piperazine rings is 1. The summed E-state index contributed by atoms with van der Waals surface area (Å²) in [7, 11) is -1.28. The van der Waals surface area contributed by atoms with E-state index in [0.717, 1.165) is 44.6 Å². The van der Waals surface area contributed by atoms with Crippen LogP contribution in [0.25, 0.3) is 0 Å². The third-order valence-corrected chi connectivity index (χ3v) is 7.07. The van der Waals surface area contributed by atoms with Gasteiger partial charge in [0, 0.05) is 38.4 Å². The van der Waals surface area contributed by atoms with Gasteiger partial charge in [-0.1, -0.05) is 38.1 Å². The number of nitrogens with one attached hydrogen (secondary N) is 1. The number of nitrogens with zero attached hydrogens (tertiary/aromatic N) is 2. The fraction of sp³-hybridized carbons (Fsp3) is 0.478. The van der Waals surface area contributed by atoms with Gasteiger partial charge in [0.2, 0.25) is 10.0 Å². The topological polar surface area (TPSA) is 52.7 Å². The summed E-state index contributed by atoms with van der Waals surface area (Å²) >= 11 is 0. The van der Waals surface area contributed by atoms with Gasteiger partial charge >= 0.3 is 0 Å². The molecule has 0 amide bonds. The van der Waals surface area contributed by atoms with E-state index in [1.807, 2.05) is 12.1 Å². The Bertz CT molecular complexity index is 869. The van der Waals surface area contributed by atoms with E-state index in [-0.39, 0.29) is 0 Å². The molecular formula is C23H33N3O2S. The van der Waals surface area contributed by atoms with Crippen LogP contribution in [0.15, 0.2) is 53.4 Å². The van der Waals surface area contributed by atoms with E-state index in [1.165, 1.54) is 11.3 Å². The van der Waals surface area contributed by atoms with Crippen molar-refractivity contribution in [3.63, 3.8) is 0 Å². The van der Waals surface area contributed by atoms with Crippen LogP contribution in [0.5, 0.6) is 0 Å². The van der Waals surface area contributed by atoms with Gasteiger partial charge in [-0.3, -0.25) is 0 Å². The number of hydrogen-bond acceptors (Lipinski definition) is 4. The standard InChI is InChI=1S/C23H33N3O2S/c1-19(2)21-8-12-23(13-9-21)29(27,28)24-14-4-5-20-6-10-22(11-7-20)26-17-15-25(3)16-18-26/h6-13,19,24H,4-5,14-18H2,1-3H3. The molecule has 1 aliphatic heterocycles. The Balaban J connectivity index is 1.46. The average Bonchev–Trinajstić information content (AvgIpc) is 2.72. The van der Waals surface area contributed by atoms with Gasteiger partial charge in [0.15, 0.2) is 0 Å². The van der Waals surface area contributed by atoms with Crippen molar-refractivity contribution in [2.75, 3.05) is 44.7 Å². The zero-order chi connectivity index (χ0) is 20.9. The van der Waals surface area contributed by atoms with Gasteiger partial charge in [-0.25, -0.2) is 13.1 Å². The molecule has 0 aromatic heterocycles. The number of sulfonamides is 1. The molecule has 0 unspecified atom stereocenters. The molecule has 1 saturated heterocycles. The van der Waals surface area contributed by atoms with Crippen LogP contribution in [0.1, 0.15) is 37.3 Å². The molecule has 0 saturated carbocycles. The van der Waals surface area contributed by atoms with Crippen molar-refractivity contribution in [3.8, 4) is 0 Å². The van der Waals surface area contributed by atoms with E-state index in [4.69, 9.17) is 0 Å². The van der Waals surface area contributed by atoms with Gasteiger partial charge < -0.3 is 9.80 Å². The highest BCUT2D eigenvalue weighted by atomic mass is 32.2. The lowest BCUT2D eigenvalue weighted by Crippen LogP contribution is -2.44. The Morgan fingerprint density at radius 1 is 0.931 bits per heavy atom. The zero-order valence-corrected chi connectivity index (χ0v) is 18.6. The highest BCUT2D eigenvalue weighted by Gasteiger charge is 2.15. The number of aryl methyl sites for hydroxylation is 1. The molecule has 1 fully saturated rings. The predicted octanol–water partition coefficient (Wildman–Crippen LogP) is 3.47. The van der Waals surface area contributed by atoms with Crippen molar-refractivity contribution in [1.82, 2.24) is 9.62 Å². The van der Waals surface area contributed by atoms with Crippen molar-refractivity contribution < 1.29 is 8.42 Å². The van der Waals surface area contributed by atoms with E-state index in [2.05, 4.69) is 59.7 Å². The smallest absolute Gasteiger partial charge is 0.240 e. The Labute approximate surface area is 175 Å². The second kappa shape index (κ2) is 9.74. The molecule has 29 heavy (non-hydrogen) atoms. The third kappa shape index (κ3) is 6.04. The van der Waals surface area contributed by atoms with Gasteiger partial charge in [-0.15, -0.1) is 0 Å². The van der Waals surface area contributed by atoms with Gasteiger partial charge in [-0.2, -0.15) is 0 Å². The van der Waals surface area contributed by atoms with Gasteiger partial charge in [-0.05, 0) is 61.2 Å². The first-order valence-corrected chi connectivity index (χ1v) is 12.0. The first-order chi connectivity index (χ1) is 13.8. The number of rotatable bonds is 8. The molecule has 1 heterocycles. The third-order valence-electron chi connectivity index (χ3n) is 5.60. The molecule has 5 nitrogen and oxygen atoms in total. The van der Waals surface area contributed by atoms with Crippen LogP contribution in [0.4, 0.5) is 5.69 Å². The summed E-state index contributed by atoms with van der Waals surface area (Å²) in [5.74, 6) is 0.391. The minimum absolute atomic E-state index is 0.332. The van der Waals surface area contributed by atoms with Gasteiger partial charge in [0.25, 0.3) is 0 Å². The molecule has 0 radical (unpaired) electrons. The van der Waals surface area contributed by atoms with Crippen LogP contribution < -0.4 is 9.62 Å². The molecule has 0 spiro atoms. The first kappa shape index (κ1) is 21.8. The molecule has 2 aromatic rings. The zero-order valence-electron chi connectivity index (χ0n) is 17.8. The van der Waals surface area contributed by atoms with Gasteiger partial charge in [0.1, 0.15) is 0 Å². The number of hydrogen-bond donors (Lipinski definition) is 1. The first-order valence-electron chi connectivity index (χ1n) is 10.5. The lowest BCUT2D eigenvalue weighted by Gasteiger charge is -2.34. The molecule has 6 heteroatoms. The predicted molar refractivity (Wildman–Crippen MR) is 120 cm³/mol. The number of benzene rings is 2. The SMILES string of the molecule is CC(C)c1ccc(S(=O)(=O)NCCCc2ccc(N3CCN(C)CC3)cc2)cc1. The summed E-state index contributed by atoms with van der Waals surface area (Å²) in [5, 5.41) is 0. The van der Waals surface area contributed by atoms with E-state index in [9.17, 15) is 8.42 Å². The molecule has 1 N–H and O–H groups in total. The second-order valence-corrected chi connectivity index (χ2v) is 9.95. The lowest BCUT2D eigenvalue weighted by atomic mass is 10.0. The average molecular weight is 416 g/mol. The Kier molecular flexibility index (Phi) is 7.33. The van der Waals surface area contributed by atoms with E-state index >= 15 is 0 Å². The molecule has 2 aromatic carbocycles. The van der Waals surface area contributed by atoms with Crippen molar-refractivity contribution in [2.24, 2.45) is 0 Å². The number of anilines is 1. The van der Waals surface area contributed by atoms with Crippen LogP contribution in [-0.2, 0) is 16.4 Å². The minimum Gasteiger partial charge on any atom is -0.369 e. The fourth-order valence-electron chi connectivity index (χ4n) is 3.55. The molecule has 1 aliphatic rings. The summed E-state index contributed by atoms with van der Waals surface area (Å²) in [6.07, 6.45) is 1.63. The molecule has 158 valence electrons. The summed E-state index contributed by atoms with van der Waals surface area (Å²) in [6, 6.07) is 15.8. The Morgan fingerprint density at radius 2 is 1.55 bits per heavy atom. The highest BCUT2D eigenvalue weighted by molar-refractivity contribution is 7.89. The van der Waals surface area contributed by atoms with Crippen LogP contribution in [0, 0.1) is 0 Å². The van der Waals surface area contributed by atoms with E-state index in [1.54, 1.807) is 12.1 Å². The minimum atomic E-state index is -3.44. The summed E-state index contributed by atoms with van der Waals surface area (Å²) in [5.41, 5.74) is 3.65. The maximum Gasteiger partial charge on any atom is 0.240 e. The van der Waals surface area contributed by atoms with Crippen LogP contribution in [0.2, 0.25) is 0 Å². The molecule has 0 atom stereocenters. The van der Waals surface area contributed by atoms with E-state index in [0.29, 0.717) is 17.4 Å². The Morgan fingerprint density at radius 3 is 2.14 bits per heavy atom. The summed E-state index contributed by atoms with van der Waals surface area (Å²) < 4.78 is 27.6. The number of likely N-dealkylation sites (N-methyl/N-ethyl adjacent to an activating group) is 1. The maximum absolute atomic E-state index is 12.4. The van der Waals surface area contributed by atoms with Crippen LogP contribution in [0.3, 0.4) is 0 Å².